The van der Waals surface area contributed by atoms with E-state index >= 15 is 0 Å². The molecule has 3 aromatic rings. The monoisotopic (exact) mass is 409 g/mol. The SMILES string of the molecule is COc1cccc(C(=O)Nc2cccc(OC(C)C(=O)c3ccc(Cl)cc3)c2)c1. The minimum Gasteiger partial charge on any atom is -0.497 e. The van der Waals surface area contributed by atoms with Crippen LogP contribution in [0, 0.1) is 0 Å². The number of amides is 1. The van der Waals surface area contributed by atoms with Gasteiger partial charge in [0.2, 0.25) is 5.78 Å². The fraction of sp³-hybridized carbons (Fsp3) is 0.130. The van der Waals surface area contributed by atoms with E-state index in [-0.39, 0.29) is 11.7 Å². The van der Waals surface area contributed by atoms with Crippen LogP contribution in [0.15, 0.2) is 72.8 Å². The second-order valence-corrected chi connectivity index (χ2v) is 6.78. The predicted molar refractivity (Wildman–Crippen MR) is 113 cm³/mol. The highest BCUT2D eigenvalue weighted by Gasteiger charge is 2.17. The van der Waals surface area contributed by atoms with Crippen molar-refractivity contribution in [3.8, 4) is 11.5 Å². The molecule has 0 saturated heterocycles. The van der Waals surface area contributed by atoms with Crippen molar-refractivity contribution in [2.75, 3.05) is 12.4 Å². The summed E-state index contributed by atoms with van der Waals surface area (Å²) >= 11 is 5.86. The molecule has 0 aromatic heterocycles. The van der Waals surface area contributed by atoms with Gasteiger partial charge in [0.25, 0.3) is 5.91 Å². The summed E-state index contributed by atoms with van der Waals surface area (Å²) in [5, 5.41) is 3.38. The van der Waals surface area contributed by atoms with E-state index in [4.69, 9.17) is 21.1 Å². The van der Waals surface area contributed by atoms with Gasteiger partial charge in [0.1, 0.15) is 11.5 Å². The quantitative estimate of drug-likeness (QED) is 0.541. The molecule has 1 N–H and O–H groups in total. The van der Waals surface area contributed by atoms with Crippen LogP contribution in [0.1, 0.15) is 27.6 Å². The Morgan fingerprint density at radius 2 is 1.59 bits per heavy atom. The number of carbonyl (C=O) groups is 2. The second kappa shape index (κ2) is 9.26. The smallest absolute Gasteiger partial charge is 0.255 e. The van der Waals surface area contributed by atoms with Gasteiger partial charge in [-0.15, -0.1) is 0 Å². The molecule has 1 amide bonds. The van der Waals surface area contributed by atoms with Gasteiger partial charge in [0, 0.05) is 27.9 Å². The Bertz CT molecular complexity index is 1020. The first kappa shape index (κ1) is 20.4. The molecule has 29 heavy (non-hydrogen) atoms. The largest absolute Gasteiger partial charge is 0.497 e. The lowest BCUT2D eigenvalue weighted by molar-refractivity contribution is 0.0818. The molecule has 5 nitrogen and oxygen atoms in total. The zero-order valence-corrected chi connectivity index (χ0v) is 16.8. The van der Waals surface area contributed by atoms with E-state index in [0.29, 0.717) is 33.3 Å². The number of ketones is 1. The molecule has 1 unspecified atom stereocenters. The lowest BCUT2D eigenvalue weighted by atomic mass is 10.1. The van der Waals surface area contributed by atoms with Gasteiger partial charge in [-0.05, 0) is 61.5 Å². The first-order chi connectivity index (χ1) is 14.0. The number of Topliss-reactive ketones (excluding diaryl/α,β-unsaturated/α-hetero) is 1. The molecular weight excluding hydrogens is 390 g/mol. The van der Waals surface area contributed by atoms with E-state index < -0.39 is 6.10 Å². The van der Waals surface area contributed by atoms with Gasteiger partial charge >= 0.3 is 0 Å². The molecule has 3 aromatic carbocycles. The van der Waals surface area contributed by atoms with Gasteiger partial charge in [0.15, 0.2) is 6.10 Å². The molecule has 0 aliphatic heterocycles. The lowest BCUT2D eigenvalue weighted by Gasteiger charge is -2.15. The van der Waals surface area contributed by atoms with Gasteiger partial charge in [-0.1, -0.05) is 23.7 Å². The number of ether oxygens (including phenoxy) is 2. The molecule has 0 fully saturated rings. The van der Waals surface area contributed by atoms with Gasteiger partial charge < -0.3 is 14.8 Å². The Labute approximate surface area is 174 Å². The maximum absolute atomic E-state index is 12.5. The van der Waals surface area contributed by atoms with Crippen molar-refractivity contribution in [3.63, 3.8) is 0 Å². The Hall–Kier alpha value is -3.31. The van der Waals surface area contributed by atoms with E-state index in [0.717, 1.165) is 0 Å². The molecule has 0 heterocycles. The number of hydrogen-bond donors (Lipinski definition) is 1. The van der Waals surface area contributed by atoms with Crippen LogP contribution >= 0.6 is 11.6 Å². The third-order valence-electron chi connectivity index (χ3n) is 4.23. The summed E-state index contributed by atoms with van der Waals surface area (Å²) in [5.41, 5.74) is 1.55. The molecular formula is C23H20ClNO4. The normalized spacial score (nSPS) is 11.4. The van der Waals surface area contributed by atoms with Crippen LogP contribution in [-0.2, 0) is 0 Å². The van der Waals surface area contributed by atoms with Crippen LogP contribution in [0.2, 0.25) is 5.02 Å². The Kier molecular flexibility index (Phi) is 6.52. The molecule has 148 valence electrons. The highest BCUT2D eigenvalue weighted by atomic mass is 35.5. The summed E-state index contributed by atoms with van der Waals surface area (Å²) in [6.07, 6.45) is -0.694. The predicted octanol–water partition coefficient (Wildman–Crippen LogP) is 5.25. The number of rotatable bonds is 7. The zero-order chi connectivity index (χ0) is 20.8. The minimum atomic E-state index is -0.694. The van der Waals surface area contributed by atoms with E-state index in [1.54, 1.807) is 86.8 Å². The number of anilines is 1. The van der Waals surface area contributed by atoms with Crippen molar-refractivity contribution in [1.29, 1.82) is 0 Å². The summed E-state index contributed by atoms with van der Waals surface area (Å²) in [7, 11) is 1.55. The van der Waals surface area contributed by atoms with E-state index in [2.05, 4.69) is 5.32 Å². The van der Waals surface area contributed by atoms with E-state index in [1.807, 2.05) is 0 Å². The van der Waals surface area contributed by atoms with Crippen LogP contribution in [0.25, 0.3) is 0 Å². The number of benzene rings is 3. The number of carbonyl (C=O) groups excluding carboxylic acids is 2. The number of nitrogens with one attached hydrogen (secondary N) is 1. The lowest BCUT2D eigenvalue weighted by Crippen LogP contribution is -2.24. The van der Waals surface area contributed by atoms with Gasteiger partial charge in [-0.2, -0.15) is 0 Å². The van der Waals surface area contributed by atoms with Crippen molar-refractivity contribution in [2.24, 2.45) is 0 Å². The van der Waals surface area contributed by atoms with Crippen LogP contribution in [-0.4, -0.2) is 24.9 Å². The van der Waals surface area contributed by atoms with Crippen LogP contribution < -0.4 is 14.8 Å². The summed E-state index contributed by atoms with van der Waals surface area (Å²) in [5.74, 6) is 0.645. The van der Waals surface area contributed by atoms with Crippen molar-refractivity contribution in [2.45, 2.75) is 13.0 Å². The summed E-state index contributed by atoms with van der Waals surface area (Å²) in [6, 6.07) is 20.4. The van der Waals surface area contributed by atoms with Gasteiger partial charge in [0.05, 0.1) is 7.11 Å². The highest BCUT2D eigenvalue weighted by Crippen LogP contribution is 2.21. The highest BCUT2D eigenvalue weighted by molar-refractivity contribution is 6.30. The second-order valence-electron chi connectivity index (χ2n) is 6.35. The molecule has 6 heteroatoms. The average Bonchev–Trinajstić information content (AvgIpc) is 2.74. The topological polar surface area (TPSA) is 64.6 Å². The Morgan fingerprint density at radius 1 is 0.897 bits per heavy atom. The van der Waals surface area contributed by atoms with Crippen LogP contribution in [0.3, 0.4) is 0 Å². The molecule has 0 radical (unpaired) electrons. The molecule has 0 aliphatic rings. The fourth-order valence-corrected chi connectivity index (χ4v) is 2.85. The molecule has 0 saturated carbocycles. The number of hydrogen-bond acceptors (Lipinski definition) is 4. The molecule has 0 spiro atoms. The summed E-state index contributed by atoms with van der Waals surface area (Å²) < 4.78 is 10.9. The van der Waals surface area contributed by atoms with Crippen molar-refractivity contribution >= 4 is 29.0 Å². The maximum Gasteiger partial charge on any atom is 0.255 e. The number of methoxy groups -OCH3 is 1. The molecule has 3 rings (SSSR count). The average molecular weight is 410 g/mol. The number of halogens is 1. The summed E-state index contributed by atoms with van der Waals surface area (Å²) in [4.78, 5) is 25.0. The maximum atomic E-state index is 12.5. The summed E-state index contributed by atoms with van der Waals surface area (Å²) in [6.45, 7) is 1.68. The van der Waals surface area contributed by atoms with Crippen molar-refractivity contribution in [3.05, 3.63) is 88.9 Å². The van der Waals surface area contributed by atoms with Crippen LogP contribution in [0.4, 0.5) is 5.69 Å². The molecule has 0 bridgehead atoms. The van der Waals surface area contributed by atoms with E-state index in [1.165, 1.54) is 0 Å². The first-order valence-corrected chi connectivity index (χ1v) is 9.36. The Balaban J connectivity index is 1.68. The standard InChI is InChI=1S/C23H20ClNO4/c1-15(22(26)16-9-11-18(24)12-10-16)29-21-8-4-6-19(14-21)25-23(27)17-5-3-7-20(13-17)28-2/h3-15H,1-2H3,(H,25,27). The molecule has 1 atom stereocenters. The molecule has 0 aliphatic carbocycles. The first-order valence-electron chi connectivity index (χ1n) is 8.98. The van der Waals surface area contributed by atoms with E-state index in [9.17, 15) is 9.59 Å². The third kappa shape index (κ3) is 5.36. The van der Waals surface area contributed by atoms with Crippen LogP contribution in [0.5, 0.6) is 11.5 Å². The van der Waals surface area contributed by atoms with Gasteiger partial charge in [-0.25, -0.2) is 0 Å². The zero-order valence-electron chi connectivity index (χ0n) is 16.0. The minimum absolute atomic E-state index is 0.160. The fourth-order valence-electron chi connectivity index (χ4n) is 2.72. The Morgan fingerprint density at radius 3 is 2.31 bits per heavy atom. The third-order valence-corrected chi connectivity index (χ3v) is 4.49. The van der Waals surface area contributed by atoms with Crippen molar-refractivity contribution in [1.82, 2.24) is 0 Å². The van der Waals surface area contributed by atoms with Crippen molar-refractivity contribution < 1.29 is 19.1 Å². The van der Waals surface area contributed by atoms with Gasteiger partial charge in [-0.3, -0.25) is 9.59 Å².